The van der Waals surface area contributed by atoms with Crippen LogP contribution in [0.1, 0.15) is 22.8 Å². The highest BCUT2D eigenvalue weighted by Gasteiger charge is 2.15. The molecular weight excluding hydrogens is 330 g/mol. The van der Waals surface area contributed by atoms with Crippen LogP contribution in [0.3, 0.4) is 0 Å². The van der Waals surface area contributed by atoms with Gasteiger partial charge in [-0.2, -0.15) is 0 Å². The minimum absolute atomic E-state index is 0.139. The number of nitrogens with one attached hydrogen (secondary N) is 1. The molecule has 0 saturated heterocycles. The highest BCUT2D eigenvalue weighted by Crippen LogP contribution is 2.21. The summed E-state index contributed by atoms with van der Waals surface area (Å²) < 4.78 is 0.905. The summed E-state index contributed by atoms with van der Waals surface area (Å²) in [6.45, 7) is 5.21. The summed E-state index contributed by atoms with van der Waals surface area (Å²) in [5.74, 6) is -0.439. The van der Waals surface area contributed by atoms with Gasteiger partial charge in [0.05, 0.1) is 5.69 Å². The van der Waals surface area contributed by atoms with E-state index in [1.165, 1.54) is 0 Å². The average molecular weight is 344 g/mol. The predicted octanol–water partition coefficient (Wildman–Crippen LogP) is 4.19. The third-order valence-electron chi connectivity index (χ3n) is 2.91. The molecule has 0 aromatic heterocycles. The molecule has 0 bridgehead atoms. The lowest BCUT2D eigenvalue weighted by Gasteiger charge is -2.10. The first kappa shape index (κ1) is 15.2. The molecule has 2 aromatic rings. The topological polar surface area (TPSA) is 46.2 Å². The fraction of sp³-hybridized carbons (Fsp3) is 0.0588. The molecule has 2 rings (SSSR count). The van der Waals surface area contributed by atoms with Crippen LogP contribution in [0.5, 0.6) is 0 Å². The highest BCUT2D eigenvalue weighted by atomic mass is 79.9. The third kappa shape index (κ3) is 3.67. The molecule has 0 aliphatic rings. The molecule has 2 aromatic carbocycles. The maximum Gasteiger partial charge on any atom is 0.250 e. The molecule has 1 amide bonds. The molecule has 21 heavy (non-hydrogen) atoms. The number of hydrogen-bond acceptors (Lipinski definition) is 2. The lowest BCUT2D eigenvalue weighted by atomic mass is 10.0. The van der Waals surface area contributed by atoms with Crippen LogP contribution in [0.25, 0.3) is 0 Å². The van der Waals surface area contributed by atoms with E-state index < -0.39 is 0 Å². The van der Waals surface area contributed by atoms with Crippen molar-refractivity contribution in [2.24, 2.45) is 0 Å². The number of benzene rings is 2. The Morgan fingerprint density at radius 2 is 1.67 bits per heavy atom. The molecule has 0 saturated carbocycles. The summed E-state index contributed by atoms with van der Waals surface area (Å²) in [7, 11) is 0. The molecule has 0 atom stereocenters. The van der Waals surface area contributed by atoms with Crippen molar-refractivity contribution in [1.82, 2.24) is 0 Å². The van der Waals surface area contributed by atoms with E-state index in [1.54, 1.807) is 43.3 Å². The molecule has 4 heteroatoms. The zero-order valence-electron chi connectivity index (χ0n) is 11.5. The number of anilines is 1. The standard InChI is InChI=1S/C17H14BrNO2/c1-11(2)17(21)19-15-6-4-3-5-14(15)16(20)12-7-9-13(18)10-8-12/h3-10H,1H2,2H3,(H,19,21). The van der Waals surface area contributed by atoms with Crippen LogP contribution >= 0.6 is 15.9 Å². The van der Waals surface area contributed by atoms with Gasteiger partial charge in [0.25, 0.3) is 5.91 Å². The zero-order chi connectivity index (χ0) is 15.4. The quantitative estimate of drug-likeness (QED) is 0.668. The summed E-state index contributed by atoms with van der Waals surface area (Å²) in [6.07, 6.45) is 0. The monoisotopic (exact) mass is 343 g/mol. The van der Waals surface area contributed by atoms with Gasteiger partial charge in [0.2, 0.25) is 0 Å². The SMILES string of the molecule is C=C(C)C(=O)Nc1ccccc1C(=O)c1ccc(Br)cc1. The number of hydrogen-bond donors (Lipinski definition) is 1. The van der Waals surface area contributed by atoms with Gasteiger partial charge >= 0.3 is 0 Å². The summed E-state index contributed by atoms with van der Waals surface area (Å²) >= 11 is 3.34. The van der Waals surface area contributed by atoms with Crippen molar-refractivity contribution in [3.05, 3.63) is 76.3 Å². The number of carbonyl (C=O) groups is 2. The van der Waals surface area contributed by atoms with Crippen molar-refractivity contribution in [2.45, 2.75) is 6.92 Å². The van der Waals surface area contributed by atoms with E-state index in [-0.39, 0.29) is 11.7 Å². The van der Waals surface area contributed by atoms with Gasteiger partial charge in [-0.1, -0.05) is 34.6 Å². The maximum absolute atomic E-state index is 12.5. The maximum atomic E-state index is 12.5. The summed E-state index contributed by atoms with van der Waals surface area (Å²) in [4.78, 5) is 24.3. The van der Waals surface area contributed by atoms with Crippen molar-refractivity contribution in [3.8, 4) is 0 Å². The van der Waals surface area contributed by atoms with Crippen molar-refractivity contribution >= 4 is 33.3 Å². The van der Waals surface area contributed by atoms with Gasteiger partial charge < -0.3 is 5.32 Å². The van der Waals surface area contributed by atoms with E-state index in [0.29, 0.717) is 22.4 Å². The Bertz CT molecular complexity index is 705. The van der Waals surface area contributed by atoms with E-state index in [1.807, 2.05) is 12.1 Å². The van der Waals surface area contributed by atoms with Gasteiger partial charge in [-0.25, -0.2) is 0 Å². The van der Waals surface area contributed by atoms with Crippen LogP contribution in [0, 0.1) is 0 Å². The van der Waals surface area contributed by atoms with Gasteiger partial charge in [-0.15, -0.1) is 0 Å². The Morgan fingerprint density at radius 3 is 2.29 bits per heavy atom. The van der Waals surface area contributed by atoms with Crippen LogP contribution in [0.4, 0.5) is 5.69 Å². The van der Waals surface area contributed by atoms with Gasteiger partial charge in [-0.05, 0) is 43.3 Å². The van der Waals surface area contributed by atoms with Crippen molar-refractivity contribution in [1.29, 1.82) is 0 Å². The Morgan fingerprint density at radius 1 is 1.05 bits per heavy atom. The Labute approximate surface area is 131 Å². The van der Waals surface area contributed by atoms with Gasteiger partial charge in [0.15, 0.2) is 5.78 Å². The third-order valence-corrected chi connectivity index (χ3v) is 3.44. The number of amides is 1. The fourth-order valence-electron chi connectivity index (χ4n) is 1.78. The number of ketones is 1. The van der Waals surface area contributed by atoms with Crippen molar-refractivity contribution in [3.63, 3.8) is 0 Å². The minimum atomic E-state index is -0.300. The van der Waals surface area contributed by atoms with E-state index in [9.17, 15) is 9.59 Å². The molecule has 0 aliphatic heterocycles. The molecule has 1 N–H and O–H groups in total. The fourth-order valence-corrected chi connectivity index (χ4v) is 2.04. The second kappa shape index (κ2) is 6.50. The first-order valence-electron chi connectivity index (χ1n) is 6.35. The molecule has 0 spiro atoms. The summed E-state index contributed by atoms with van der Waals surface area (Å²) in [5.41, 5.74) is 1.89. The second-order valence-corrected chi connectivity index (χ2v) is 5.53. The summed E-state index contributed by atoms with van der Waals surface area (Å²) in [6, 6.07) is 14.0. The molecule has 0 heterocycles. The highest BCUT2D eigenvalue weighted by molar-refractivity contribution is 9.10. The van der Waals surface area contributed by atoms with Gasteiger partial charge in [0, 0.05) is 21.2 Å². The Kier molecular flexibility index (Phi) is 4.70. The molecular formula is C17H14BrNO2. The van der Waals surface area contributed by atoms with E-state index in [2.05, 4.69) is 27.8 Å². The van der Waals surface area contributed by atoms with E-state index >= 15 is 0 Å². The van der Waals surface area contributed by atoms with E-state index in [0.717, 1.165) is 4.47 Å². The first-order chi connectivity index (χ1) is 9.99. The van der Waals surface area contributed by atoms with Crippen molar-refractivity contribution in [2.75, 3.05) is 5.32 Å². The molecule has 0 fully saturated rings. The largest absolute Gasteiger partial charge is 0.322 e. The lowest BCUT2D eigenvalue weighted by molar-refractivity contribution is -0.112. The number of rotatable bonds is 4. The molecule has 3 nitrogen and oxygen atoms in total. The first-order valence-corrected chi connectivity index (χ1v) is 7.14. The average Bonchev–Trinajstić information content (AvgIpc) is 2.47. The minimum Gasteiger partial charge on any atom is -0.322 e. The van der Waals surface area contributed by atoms with Crippen LogP contribution < -0.4 is 5.32 Å². The van der Waals surface area contributed by atoms with Crippen LogP contribution in [0.2, 0.25) is 0 Å². The van der Waals surface area contributed by atoms with Gasteiger partial charge in [-0.3, -0.25) is 9.59 Å². The molecule has 0 aliphatic carbocycles. The Hall–Kier alpha value is -2.20. The van der Waals surface area contributed by atoms with Crippen LogP contribution in [-0.4, -0.2) is 11.7 Å². The number of carbonyl (C=O) groups excluding carboxylic acids is 2. The molecule has 0 radical (unpaired) electrons. The van der Waals surface area contributed by atoms with E-state index in [4.69, 9.17) is 0 Å². The predicted molar refractivity (Wildman–Crippen MR) is 87.5 cm³/mol. The molecule has 106 valence electrons. The number of halogens is 1. The van der Waals surface area contributed by atoms with Crippen LogP contribution in [-0.2, 0) is 4.79 Å². The smallest absolute Gasteiger partial charge is 0.250 e. The van der Waals surface area contributed by atoms with Gasteiger partial charge in [0.1, 0.15) is 0 Å². The van der Waals surface area contributed by atoms with Crippen molar-refractivity contribution < 1.29 is 9.59 Å². The lowest BCUT2D eigenvalue weighted by Crippen LogP contribution is -2.15. The normalized spacial score (nSPS) is 10.0. The van der Waals surface area contributed by atoms with Crippen LogP contribution in [0.15, 0.2) is 65.2 Å². The Balaban J connectivity index is 2.35. The zero-order valence-corrected chi connectivity index (χ0v) is 13.1. The number of para-hydroxylation sites is 1. The second-order valence-electron chi connectivity index (χ2n) is 4.62. The summed E-state index contributed by atoms with van der Waals surface area (Å²) in [5, 5.41) is 2.70. The molecule has 0 unspecified atom stereocenters.